The topological polar surface area (TPSA) is 18.5 Å². The molecule has 18 heavy (non-hydrogen) atoms. The summed E-state index contributed by atoms with van der Waals surface area (Å²) in [4.78, 5) is 5.56. The zero-order valence-electron chi connectivity index (χ0n) is 11.9. The summed E-state index contributed by atoms with van der Waals surface area (Å²) < 4.78 is 0. The van der Waals surface area contributed by atoms with E-state index in [-0.39, 0.29) is 0 Å². The van der Waals surface area contributed by atoms with Crippen molar-refractivity contribution in [1.82, 2.24) is 15.1 Å². The van der Waals surface area contributed by atoms with Gasteiger partial charge in [-0.05, 0) is 45.2 Å². The summed E-state index contributed by atoms with van der Waals surface area (Å²) in [7, 11) is 0. The fourth-order valence-corrected chi connectivity index (χ4v) is 4.25. The normalized spacial score (nSPS) is 38.2. The smallest absolute Gasteiger partial charge is 0.0264 e. The van der Waals surface area contributed by atoms with E-state index >= 15 is 0 Å². The van der Waals surface area contributed by atoms with Crippen molar-refractivity contribution in [2.75, 3.05) is 32.7 Å². The zero-order valence-corrected chi connectivity index (χ0v) is 11.9. The number of hydrogen-bond acceptors (Lipinski definition) is 3. The first kappa shape index (κ1) is 12.9. The third-order valence-corrected chi connectivity index (χ3v) is 5.19. The quantitative estimate of drug-likeness (QED) is 0.820. The Morgan fingerprint density at radius 1 is 0.944 bits per heavy atom. The average molecular weight is 251 g/mol. The van der Waals surface area contributed by atoms with Gasteiger partial charge in [0, 0.05) is 37.8 Å². The van der Waals surface area contributed by atoms with Crippen molar-refractivity contribution in [3.8, 4) is 0 Å². The molecule has 0 aromatic rings. The van der Waals surface area contributed by atoms with Crippen molar-refractivity contribution < 1.29 is 0 Å². The Labute approximate surface area is 112 Å². The predicted octanol–water partition coefficient (Wildman–Crippen LogP) is 1.69. The molecule has 0 bridgehead atoms. The van der Waals surface area contributed by atoms with Gasteiger partial charge in [-0.3, -0.25) is 9.80 Å². The lowest BCUT2D eigenvalue weighted by molar-refractivity contribution is 0.129. The highest BCUT2D eigenvalue weighted by molar-refractivity contribution is 4.98. The lowest BCUT2D eigenvalue weighted by atomic mass is 9.98. The van der Waals surface area contributed by atoms with Gasteiger partial charge in [0.1, 0.15) is 0 Å². The van der Waals surface area contributed by atoms with E-state index in [0.717, 1.165) is 18.1 Å². The molecule has 0 aromatic heterocycles. The van der Waals surface area contributed by atoms with E-state index in [1.807, 2.05) is 0 Å². The number of fused-ring (bicyclic) bond motifs is 1. The fraction of sp³-hybridized carbons (Fsp3) is 1.00. The second kappa shape index (κ2) is 5.89. The van der Waals surface area contributed by atoms with Gasteiger partial charge in [-0.2, -0.15) is 0 Å². The van der Waals surface area contributed by atoms with Gasteiger partial charge in [0.2, 0.25) is 0 Å². The van der Waals surface area contributed by atoms with Gasteiger partial charge in [-0.25, -0.2) is 0 Å². The Morgan fingerprint density at radius 2 is 1.78 bits per heavy atom. The van der Waals surface area contributed by atoms with E-state index in [4.69, 9.17) is 0 Å². The molecule has 3 atom stereocenters. The second-order valence-corrected chi connectivity index (χ2v) is 6.39. The molecule has 3 nitrogen and oxygen atoms in total. The Morgan fingerprint density at radius 3 is 2.67 bits per heavy atom. The van der Waals surface area contributed by atoms with E-state index in [9.17, 15) is 0 Å². The molecule has 3 aliphatic heterocycles. The molecule has 104 valence electrons. The first-order valence-corrected chi connectivity index (χ1v) is 8.10. The number of rotatable bonds is 4. The monoisotopic (exact) mass is 251 g/mol. The first-order valence-electron chi connectivity index (χ1n) is 8.10. The molecule has 3 heteroatoms. The summed E-state index contributed by atoms with van der Waals surface area (Å²) in [5.74, 6) is 0. The van der Waals surface area contributed by atoms with Gasteiger partial charge in [0.25, 0.3) is 0 Å². The fourth-order valence-electron chi connectivity index (χ4n) is 4.25. The lowest BCUT2D eigenvalue weighted by Crippen LogP contribution is -2.47. The Hall–Kier alpha value is -0.120. The highest BCUT2D eigenvalue weighted by Crippen LogP contribution is 2.32. The van der Waals surface area contributed by atoms with Gasteiger partial charge in [0.15, 0.2) is 0 Å². The van der Waals surface area contributed by atoms with Gasteiger partial charge in [0.05, 0.1) is 0 Å². The van der Waals surface area contributed by atoms with Crippen LogP contribution >= 0.6 is 0 Å². The van der Waals surface area contributed by atoms with Crippen molar-refractivity contribution in [2.24, 2.45) is 0 Å². The van der Waals surface area contributed by atoms with Crippen LogP contribution in [0.25, 0.3) is 0 Å². The molecular formula is C15H29N3. The van der Waals surface area contributed by atoms with Crippen molar-refractivity contribution in [2.45, 2.75) is 63.6 Å². The number of nitrogens with zero attached hydrogens (tertiary/aromatic N) is 2. The third-order valence-electron chi connectivity index (χ3n) is 5.19. The summed E-state index contributed by atoms with van der Waals surface area (Å²) in [6, 6.07) is 2.53. The van der Waals surface area contributed by atoms with Gasteiger partial charge < -0.3 is 5.32 Å². The maximum Gasteiger partial charge on any atom is 0.0264 e. The van der Waals surface area contributed by atoms with Crippen LogP contribution in [0, 0.1) is 0 Å². The van der Waals surface area contributed by atoms with Crippen molar-refractivity contribution in [1.29, 1.82) is 0 Å². The van der Waals surface area contributed by atoms with Crippen LogP contribution in [0.1, 0.15) is 45.4 Å². The predicted molar refractivity (Wildman–Crippen MR) is 75.9 cm³/mol. The van der Waals surface area contributed by atoms with Crippen molar-refractivity contribution in [3.05, 3.63) is 0 Å². The van der Waals surface area contributed by atoms with Gasteiger partial charge in [-0.15, -0.1) is 0 Å². The maximum absolute atomic E-state index is 3.70. The summed E-state index contributed by atoms with van der Waals surface area (Å²) >= 11 is 0. The minimum absolute atomic E-state index is 0.766. The SMILES string of the molecule is CCCNC1CCN(C2CCN3CCCCC23)C1. The number of hydrogen-bond donors (Lipinski definition) is 1. The van der Waals surface area contributed by atoms with Crippen molar-refractivity contribution >= 4 is 0 Å². The average Bonchev–Trinajstić information content (AvgIpc) is 3.02. The van der Waals surface area contributed by atoms with Crippen molar-refractivity contribution in [3.63, 3.8) is 0 Å². The lowest BCUT2D eigenvalue weighted by Gasteiger charge is -2.36. The van der Waals surface area contributed by atoms with E-state index in [1.165, 1.54) is 71.2 Å². The molecule has 0 spiro atoms. The van der Waals surface area contributed by atoms with E-state index in [0.29, 0.717) is 0 Å². The molecule has 3 rings (SSSR count). The molecular weight excluding hydrogens is 222 g/mol. The van der Waals surface area contributed by atoms with Crippen LogP contribution in [0.2, 0.25) is 0 Å². The largest absolute Gasteiger partial charge is 0.313 e. The minimum Gasteiger partial charge on any atom is -0.313 e. The van der Waals surface area contributed by atoms with Crippen LogP contribution in [0.3, 0.4) is 0 Å². The Bertz CT molecular complexity index is 268. The number of likely N-dealkylation sites (tertiary alicyclic amines) is 1. The molecule has 0 aromatic carbocycles. The number of nitrogens with one attached hydrogen (secondary N) is 1. The second-order valence-electron chi connectivity index (χ2n) is 6.39. The zero-order chi connectivity index (χ0) is 12.4. The molecule has 3 saturated heterocycles. The van der Waals surface area contributed by atoms with Crippen LogP contribution in [-0.2, 0) is 0 Å². The molecule has 3 heterocycles. The van der Waals surface area contributed by atoms with E-state index < -0.39 is 0 Å². The van der Waals surface area contributed by atoms with Crippen LogP contribution in [-0.4, -0.2) is 60.6 Å². The number of piperidine rings is 1. The van der Waals surface area contributed by atoms with Crippen LogP contribution in [0.15, 0.2) is 0 Å². The van der Waals surface area contributed by atoms with E-state index in [1.54, 1.807) is 0 Å². The van der Waals surface area contributed by atoms with Gasteiger partial charge >= 0.3 is 0 Å². The Kier molecular flexibility index (Phi) is 4.22. The highest BCUT2D eigenvalue weighted by Gasteiger charge is 2.40. The molecule has 3 fully saturated rings. The molecule has 1 N–H and O–H groups in total. The summed E-state index contributed by atoms with van der Waals surface area (Å²) in [6.45, 7) is 8.81. The summed E-state index contributed by atoms with van der Waals surface area (Å²) in [5.41, 5.74) is 0. The Balaban J connectivity index is 1.53. The maximum atomic E-state index is 3.70. The van der Waals surface area contributed by atoms with Crippen LogP contribution < -0.4 is 5.32 Å². The van der Waals surface area contributed by atoms with Crippen LogP contribution in [0.5, 0.6) is 0 Å². The van der Waals surface area contributed by atoms with Gasteiger partial charge in [-0.1, -0.05) is 13.3 Å². The molecule has 3 aliphatic rings. The third kappa shape index (κ3) is 2.59. The standard InChI is InChI=1S/C15H29N3/c1-2-8-16-13-6-10-18(12-13)15-7-11-17-9-4-3-5-14(15)17/h13-16H,2-12H2,1H3. The summed E-state index contributed by atoms with van der Waals surface area (Å²) in [5, 5.41) is 3.70. The summed E-state index contributed by atoms with van der Waals surface area (Å²) in [6.07, 6.45) is 8.39. The molecule has 0 aliphatic carbocycles. The molecule has 0 radical (unpaired) electrons. The van der Waals surface area contributed by atoms with Crippen LogP contribution in [0.4, 0.5) is 0 Å². The molecule has 0 saturated carbocycles. The van der Waals surface area contributed by atoms with E-state index in [2.05, 4.69) is 22.0 Å². The first-order chi connectivity index (χ1) is 8.88. The highest BCUT2D eigenvalue weighted by atomic mass is 15.3. The molecule has 3 unspecified atom stereocenters. The molecule has 0 amide bonds. The minimum atomic E-state index is 0.766.